The van der Waals surface area contributed by atoms with Crippen molar-refractivity contribution >= 4 is 23.6 Å². The molecule has 0 unspecified atom stereocenters. The summed E-state index contributed by atoms with van der Waals surface area (Å²) in [5.74, 6) is 0.786. The van der Waals surface area contributed by atoms with Crippen LogP contribution in [-0.2, 0) is 22.6 Å². The van der Waals surface area contributed by atoms with E-state index in [9.17, 15) is 9.59 Å². The maximum atomic E-state index is 12.2. The van der Waals surface area contributed by atoms with E-state index in [2.05, 4.69) is 12.1 Å². The van der Waals surface area contributed by atoms with Crippen molar-refractivity contribution in [2.75, 3.05) is 18.1 Å². The van der Waals surface area contributed by atoms with Crippen LogP contribution in [0.3, 0.4) is 0 Å². The number of nitrogens with zero attached hydrogens (tertiary/aromatic N) is 1. The maximum Gasteiger partial charge on any atom is 0.303 e. The predicted octanol–water partition coefficient (Wildman–Crippen LogP) is 2.56. The van der Waals surface area contributed by atoms with Crippen LogP contribution in [0.4, 0.5) is 0 Å². The summed E-state index contributed by atoms with van der Waals surface area (Å²) >= 11 is 1.60. The van der Waals surface area contributed by atoms with Gasteiger partial charge < -0.3 is 10.0 Å². The van der Waals surface area contributed by atoms with Gasteiger partial charge in [-0.3, -0.25) is 9.59 Å². The Bertz CT molecular complexity index is 504. The molecule has 0 saturated heterocycles. The molecule has 0 aromatic heterocycles. The van der Waals surface area contributed by atoms with Crippen molar-refractivity contribution in [3.05, 3.63) is 35.4 Å². The van der Waals surface area contributed by atoms with Crippen LogP contribution < -0.4 is 0 Å². The first-order chi connectivity index (χ1) is 10.2. The Morgan fingerprint density at radius 2 is 1.95 bits per heavy atom. The van der Waals surface area contributed by atoms with Gasteiger partial charge in [-0.25, -0.2) is 0 Å². The average Bonchev–Trinajstić information content (AvgIpc) is 2.49. The predicted molar refractivity (Wildman–Crippen MR) is 84.4 cm³/mol. The molecule has 1 aromatic rings. The summed E-state index contributed by atoms with van der Waals surface area (Å²) in [5, 5.41) is 8.54. The standard InChI is InChI=1S/C16H21NO3S/c18-15(12-21-10-4-3-7-16(19)20)17-9-8-13-5-1-2-6-14(13)11-17/h1-2,5-6H,3-4,7-12H2,(H,19,20). The number of carbonyl (C=O) groups excluding carboxylic acids is 1. The summed E-state index contributed by atoms with van der Waals surface area (Å²) in [6.07, 6.45) is 2.70. The number of hydrogen-bond acceptors (Lipinski definition) is 3. The molecule has 21 heavy (non-hydrogen) atoms. The van der Waals surface area contributed by atoms with E-state index >= 15 is 0 Å². The van der Waals surface area contributed by atoms with Gasteiger partial charge in [0.1, 0.15) is 0 Å². The zero-order valence-corrected chi connectivity index (χ0v) is 12.9. The zero-order valence-electron chi connectivity index (χ0n) is 12.1. The summed E-state index contributed by atoms with van der Waals surface area (Å²) in [5.41, 5.74) is 2.60. The first kappa shape index (κ1) is 15.9. The maximum absolute atomic E-state index is 12.2. The zero-order chi connectivity index (χ0) is 15.1. The largest absolute Gasteiger partial charge is 0.481 e. The number of aliphatic carboxylic acids is 1. The molecule has 4 nitrogen and oxygen atoms in total. The number of thioether (sulfide) groups is 1. The number of fused-ring (bicyclic) bond motifs is 1. The molecule has 5 heteroatoms. The molecule has 1 aromatic carbocycles. The molecule has 114 valence electrons. The van der Waals surface area contributed by atoms with Crippen molar-refractivity contribution in [1.29, 1.82) is 0 Å². The normalized spacial score (nSPS) is 13.8. The van der Waals surface area contributed by atoms with Crippen LogP contribution in [0.25, 0.3) is 0 Å². The Kier molecular flexibility index (Phi) is 6.11. The number of amides is 1. The number of carboxylic acid groups (broad SMARTS) is 1. The molecule has 2 rings (SSSR count). The van der Waals surface area contributed by atoms with Gasteiger partial charge in [0.25, 0.3) is 0 Å². The van der Waals surface area contributed by atoms with Crippen molar-refractivity contribution in [1.82, 2.24) is 4.90 Å². The van der Waals surface area contributed by atoms with E-state index in [1.54, 1.807) is 11.8 Å². The summed E-state index contributed by atoms with van der Waals surface area (Å²) < 4.78 is 0. The van der Waals surface area contributed by atoms with Gasteiger partial charge in [0.05, 0.1) is 5.75 Å². The van der Waals surface area contributed by atoms with Crippen LogP contribution in [0.1, 0.15) is 30.4 Å². The number of carbonyl (C=O) groups is 2. The van der Waals surface area contributed by atoms with Crippen LogP contribution in [0.5, 0.6) is 0 Å². The highest BCUT2D eigenvalue weighted by molar-refractivity contribution is 7.99. The van der Waals surface area contributed by atoms with Gasteiger partial charge in [0.2, 0.25) is 5.91 Å². The van der Waals surface area contributed by atoms with Crippen molar-refractivity contribution in [2.45, 2.75) is 32.2 Å². The molecule has 1 heterocycles. The topological polar surface area (TPSA) is 57.6 Å². The lowest BCUT2D eigenvalue weighted by molar-refractivity contribution is -0.137. The average molecular weight is 307 g/mol. The molecule has 0 radical (unpaired) electrons. The highest BCUT2D eigenvalue weighted by Crippen LogP contribution is 2.19. The van der Waals surface area contributed by atoms with Crippen molar-refractivity contribution in [3.8, 4) is 0 Å². The smallest absolute Gasteiger partial charge is 0.303 e. The Balaban J connectivity index is 1.67. The van der Waals surface area contributed by atoms with Crippen molar-refractivity contribution in [2.24, 2.45) is 0 Å². The lowest BCUT2D eigenvalue weighted by Crippen LogP contribution is -2.37. The van der Waals surface area contributed by atoms with Crippen LogP contribution in [-0.4, -0.2) is 39.9 Å². The minimum absolute atomic E-state index is 0.188. The van der Waals surface area contributed by atoms with E-state index < -0.39 is 5.97 Å². The second-order valence-corrected chi connectivity index (χ2v) is 6.34. The van der Waals surface area contributed by atoms with Gasteiger partial charge in [-0.2, -0.15) is 11.8 Å². The van der Waals surface area contributed by atoms with Crippen molar-refractivity contribution < 1.29 is 14.7 Å². The molecule has 0 saturated carbocycles. The van der Waals surface area contributed by atoms with Crippen molar-refractivity contribution in [3.63, 3.8) is 0 Å². The third-order valence-electron chi connectivity index (χ3n) is 3.64. The molecule has 0 bridgehead atoms. The van der Waals surface area contributed by atoms with E-state index in [0.29, 0.717) is 18.7 Å². The number of unbranched alkanes of at least 4 members (excludes halogenated alkanes) is 1. The fraction of sp³-hybridized carbons (Fsp3) is 0.500. The number of hydrogen-bond donors (Lipinski definition) is 1. The Hall–Kier alpha value is -1.49. The third kappa shape index (κ3) is 5.08. The van der Waals surface area contributed by atoms with E-state index in [-0.39, 0.29) is 12.3 Å². The monoisotopic (exact) mass is 307 g/mol. The first-order valence-electron chi connectivity index (χ1n) is 7.31. The van der Waals surface area contributed by atoms with Crippen LogP contribution in [0, 0.1) is 0 Å². The molecule has 1 aliphatic heterocycles. The van der Waals surface area contributed by atoms with Gasteiger partial charge in [-0.15, -0.1) is 0 Å². The molecular formula is C16H21NO3S. The summed E-state index contributed by atoms with van der Waals surface area (Å²) in [4.78, 5) is 24.5. The van der Waals surface area contributed by atoms with Crippen LogP contribution in [0.2, 0.25) is 0 Å². The molecule has 1 aliphatic rings. The molecular weight excluding hydrogens is 286 g/mol. The van der Waals surface area contributed by atoms with E-state index in [0.717, 1.165) is 25.1 Å². The van der Waals surface area contributed by atoms with E-state index in [4.69, 9.17) is 5.11 Å². The third-order valence-corrected chi connectivity index (χ3v) is 4.67. The molecule has 1 N–H and O–H groups in total. The number of rotatable bonds is 7. The lowest BCUT2D eigenvalue weighted by atomic mass is 10.00. The fourth-order valence-corrected chi connectivity index (χ4v) is 3.35. The Morgan fingerprint density at radius 3 is 2.71 bits per heavy atom. The minimum atomic E-state index is -0.747. The second kappa shape index (κ2) is 8.08. The number of benzene rings is 1. The fourth-order valence-electron chi connectivity index (χ4n) is 2.44. The van der Waals surface area contributed by atoms with Crippen LogP contribution in [0.15, 0.2) is 24.3 Å². The molecule has 0 atom stereocenters. The molecule has 1 amide bonds. The van der Waals surface area contributed by atoms with Gasteiger partial charge in [0.15, 0.2) is 0 Å². The summed E-state index contributed by atoms with van der Waals surface area (Å²) in [6, 6.07) is 8.29. The summed E-state index contributed by atoms with van der Waals surface area (Å²) in [7, 11) is 0. The summed E-state index contributed by atoms with van der Waals surface area (Å²) in [6.45, 7) is 1.52. The van der Waals surface area contributed by atoms with Gasteiger partial charge in [-0.1, -0.05) is 24.3 Å². The number of carboxylic acids is 1. The highest BCUT2D eigenvalue weighted by atomic mass is 32.2. The van der Waals surface area contributed by atoms with Crippen LogP contribution >= 0.6 is 11.8 Å². The van der Waals surface area contributed by atoms with E-state index in [1.165, 1.54) is 11.1 Å². The quantitative estimate of drug-likeness (QED) is 0.787. The molecule has 0 fully saturated rings. The van der Waals surface area contributed by atoms with Gasteiger partial charge >= 0.3 is 5.97 Å². The Morgan fingerprint density at radius 1 is 1.19 bits per heavy atom. The molecule has 0 aliphatic carbocycles. The SMILES string of the molecule is O=C(O)CCCCSCC(=O)N1CCc2ccccc2C1. The van der Waals surface area contributed by atoms with Gasteiger partial charge in [-0.05, 0) is 36.1 Å². The van der Waals surface area contributed by atoms with Gasteiger partial charge in [0, 0.05) is 19.5 Å². The van der Waals surface area contributed by atoms with E-state index in [1.807, 2.05) is 17.0 Å². The Labute approximate surface area is 129 Å². The first-order valence-corrected chi connectivity index (χ1v) is 8.46. The highest BCUT2D eigenvalue weighted by Gasteiger charge is 2.19. The second-order valence-electron chi connectivity index (χ2n) is 5.24. The minimum Gasteiger partial charge on any atom is -0.481 e. The molecule has 0 spiro atoms. The lowest BCUT2D eigenvalue weighted by Gasteiger charge is -2.28.